The first-order valence-corrected chi connectivity index (χ1v) is 8.65. The van der Waals surface area contributed by atoms with E-state index in [1.54, 1.807) is 7.11 Å². The third-order valence-corrected chi connectivity index (χ3v) is 4.10. The Bertz CT molecular complexity index is 945. The van der Waals surface area contributed by atoms with Gasteiger partial charge < -0.3 is 14.6 Å². The smallest absolute Gasteiger partial charge is 0.226 e. The normalized spacial score (nSPS) is 10.6. The van der Waals surface area contributed by atoms with E-state index >= 15 is 0 Å². The Kier molecular flexibility index (Phi) is 6.03. The molecule has 0 fully saturated rings. The maximum absolute atomic E-state index is 13.1. The zero-order chi connectivity index (χ0) is 19.2. The summed E-state index contributed by atoms with van der Waals surface area (Å²) in [6, 6.07) is 11.4. The number of para-hydroxylation sites is 1. The Morgan fingerprint density at radius 1 is 1.30 bits per heavy atom. The molecule has 27 heavy (non-hydrogen) atoms. The van der Waals surface area contributed by atoms with Crippen molar-refractivity contribution in [3.05, 3.63) is 59.2 Å². The molecule has 0 atom stereocenters. The summed E-state index contributed by atoms with van der Waals surface area (Å²) in [5.74, 6) is 0.794. The molecule has 0 spiro atoms. The number of ether oxygens (including phenoxy) is 1. The lowest BCUT2D eigenvalue weighted by Crippen LogP contribution is -2.11. The maximum Gasteiger partial charge on any atom is 0.226 e. The summed E-state index contributed by atoms with van der Waals surface area (Å²) in [4.78, 5) is 16.3. The Morgan fingerprint density at radius 2 is 2.11 bits per heavy atom. The van der Waals surface area contributed by atoms with Gasteiger partial charge in [0.2, 0.25) is 17.6 Å². The molecule has 0 radical (unpaired) electrons. The van der Waals surface area contributed by atoms with Gasteiger partial charge in [0.15, 0.2) is 0 Å². The molecular weight excluding hydrogens is 373 g/mol. The van der Waals surface area contributed by atoms with Crippen LogP contribution < -0.4 is 10.1 Å². The zero-order valence-corrected chi connectivity index (χ0v) is 15.3. The molecule has 2 aromatic carbocycles. The summed E-state index contributed by atoms with van der Waals surface area (Å²) in [5, 5.41) is 6.59. The van der Waals surface area contributed by atoms with Crippen molar-refractivity contribution >= 4 is 23.2 Å². The van der Waals surface area contributed by atoms with E-state index in [1.807, 2.05) is 24.3 Å². The van der Waals surface area contributed by atoms with Crippen molar-refractivity contribution in [1.29, 1.82) is 0 Å². The fourth-order valence-corrected chi connectivity index (χ4v) is 2.67. The van der Waals surface area contributed by atoms with Gasteiger partial charge >= 0.3 is 0 Å². The Labute approximate surface area is 160 Å². The summed E-state index contributed by atoms with van der Waals surface area (Å²) in [7, 11) is 1.58. The molecule has 3 aromatic rings. The van der Waals surface area contributed by atoms with Crippen LogP contribution in [-0.4, -0.2) is 23.2 Å². The lowest BCUT2D eigenvalue weighted by atomic mass is 10.2. The number of halogens is 2. The number of hydrogen-bond donors (Lipinski definition) is 1. The van der Waals surface area contributed by atoms with Crippen LogP contribution in [0, 0.1) is 5.82 Å². The molecule has 0 aliphatic carbocycles. The number of anilines is 1. The van der Waals surface area contributed by atoms with Crippen LogP contribution in [-0.2, 0) is 11.2 Å². The molecular formula is C19H17ClFN3O3. The van der Waals surface area contributed by atoms with Crippen LogP contribution in [0.2, 0.25) is 5.02 Å². The number of aryl methyl sites for hydroxylation is 1. The molecule has 0 saturated carbocycles. The topological polar surface area (TPSA) is 77.2 Å². The minimum atomic E-state index is -0.531. The number of benzene rings is 2. The highest BCUT2D eigenvalue weighted by Gasteiger charge is 2.13. The van der Waals surface area contributed by atoms with Crippen LogP contribution >= 0.6 is 11.6 Å². The monoisotopic (exact) mass is 389 g/mol. The van der Waals surface area contributed by atoms with E-state index in [4.69, 9.17) is 20.9 Å². The van der Waals surface area contributed by atoms with E-state index < -0.39 is 5.82 Å². The number of carbonyl (C=O) groups excluding carboxylic acids is 1. The molecule has 6 nitrogen and oxygen atoms in total. The van der Waals surface area contributed by atoms with E-state index in [0.29, 0.717) is 36.0 Å². The third-order valence-electron chi connectivity index (χ3n) is 3.81. The quantitative estimate of drug-likeness (QED) is 0.643. The molecule has 1 heterocycles. The molecule has 0 saturated heterocycles. The van der Waals surface area contributed by atoms with E-state index in [-0.39, 0.29) is 17.4 Å². The molecule has 1 aromatic heterocycles. The molecule has 0 aliphatic heterocycles. The predicted molar refractivity (Wildman–Crippen MR) is 99.3 cm³/mol. The van der Waals surface area contributed by atoms with Crippen LogP contribution in [0.25, 0.3) is 11.4 Å². The van der Waals surface area contributed by atoms with Crippen LogP contribution in [0.5, 0.6) is 5.75 Å². The molecule has 0 unspecified atom stereocenters. The van der Waals surface area contributed by atoms with Crippen molar-refractivity contribution in [2.75, 3.05) is 12.4 Å². The number of aromatic nitrogens is 2. The van der Waals surface area contributed by atoms with Crippen LogP contribution in [0.3, 0.4) is 0 Å². The van der Waals surface area contributed by atoms with Crippen molar-refractivity contribution in [3.8, 4) is 17.1 Å². The van der Waals surface area contributed by atoms with E-state index in [9.17, 15) is 9.18 Å². The van der Waals surface area contributed by atoms with Gasteiger partial charge in [-0.2, -0.15) is 4.98 Å². The van der Waals surface area contributed by atoms with Gasteiger partial charge in [0.05, 0.1) is 17.7 Å². The van der Waals surface area contributed by atoms with Crippen molar-refractivity contribution in [3.63, 3.8) is 0 Å². The Hall–Kier alpha value is -2.93. The molecule has 1 amide bonds. The summed E-state index contributed by atoms with van der Waals surface area (Å²) in [6.07, 6.45) is 1.23. The minimum absolute atomic E-state index is 0.0393. The second kappa shape index (κ2) is 8.64. The molecule has 140 valence electrons. The summed E-state index contributed by atoms with van der Waals surface area (Å²) in [5.41, 5.74) is 1.18. The first-order valence-electron chi connectivity index (χ1n) is 8.27. The molecule has 1 N–H and O–H groups in total. The number of carbonyl (C=O) groups is 1. The molecule has 3 rings (SSSR count). The Balaban J connectivity index is 1.53. The van der Waals surface area contributed by atoms with Gasteiger partial charge in [0.25, 0.3) is 0 Å². The summed E-state index contributed by atoms with van der Waals surface area (Å²) < 4.78 is 23.6. The highest BCUT2D eigenvalue weighted by Crippen LogP contribution is 2.27. The first-order chi connectivity index (χ1) is 13.1. The van der Waals surface area contributed by atoms with Gasteiger partial charge in [0, 0.05) is 18.5 Å². The minimum Gasteiger partial charge on any atom is -0.496 e. The summed E-state index contributed by atoms with van der Waals surface area (Å²) in [6.45, 7) is 0. The number of amides is 1. The second-order valence-electron chi connectivity index (χ2n) is 5.74. The second-order valence-corrected chi connectivity index (χ2v) is 6.15. The number of nitrogens with zero attached hydrogens (tertiary/aromatic N) is 2. The van der Waals surface area contributed by atoms with Gasteiger partial charge in [-0.1, -0.05) is 28.9 Å². The van der Waals surface area contributed by atoms with Crippen LogP contribution in [0.15, 0.2) is 47.0 Å². The Morgan fingerprint density at radius 3 is 2.89 bits per heavy atom. The lowest BCUT2D eigenvalue weighted by Gasteiger charge is -2.05. The average Bonchev–Trinajstić information content (AvgIpc) is 3.13. The van der Waals surface area contributed by atoms with Crippen LogP contribution in [0.4, 0.5) is 10.1 Å². The fourth-order valence-electron chi connectivity index (χ4n) is 2.49. The molecule has 8 heteroatoms. The van der Waals surface area contributed by atoms with Gasteiger partial charge in [0.1, 0.15) is 11.6 Å². The fraction of sp³-hybridized carbons (Fsp3) is 0.211. The number of rotatable bonds is 7. The van der Waals surface area contributed by atoms with Gasteiger partial charge in [-0.15, -0.1) is 0 Å². The third kappa shape index (κ3) is 4.83. The molecule has 0 aliphatic rings. The maximum atomic E-state index is 13.1. The van der Waals surface area contributed by atoms with Crippen molar-refractivity contribution in [1.82, 2.24) is 10.1 Å². The standard InChI is InChI=1S/C19H17ClFN3O3/c1-26-16-6-3-2-5-13(16)19-23-18(27-24-19)8-4-7-17(25)22-12-9-10-15(21)14(20)11-12/h2-3,5-6,9-11H,4,7-8H2,1H3,(H,22,25). The van der Waals surface area contributed by atoms with Gasteiger partial charge in [-0.05, 0) is 36.8 Å². The van der Waals surface area contributed by atoms with Crippen LogP contribution in [0.1, 0.15) is 18.7 Å². The van der Waals surface area contributed by atoms with E-state index in [0.717, 1.165) is 5.56 Å². The molecule has 0 bridgehead atoms. The van der Waals surface area contributed by atoms with Gasteiger partial charge in [-0.3, -0.25) is 4.79 Å². The van der Waals surface area contributed by atoms with E-state index in [2.05, 4.69) is 15.5 Å². The highest BCUT2D eigenvalue weighted by atomic mass is 35.5. The largest absolute Gasteiger partial charge is 0.496 e. The highest BCUT2D eigenvalue weighted by molar-refractivity contribution is 6.31. The van der Waals surface area contributed by atoms with Crippen molar-refractivity contribution in [2.24, 2.45) is 0 Å². The van der Waals surface area contributed by atoms with Crippen molar-refractivity contribution in [2.45, 2.75) is 19.3 Å². The lowest BCUT2D eigenvalue weighted by molar-refractivity contribution is -0.116. The number of methoxy groups -OCH3 is 1. The predicted octanol–water partition coefficient (Wildman–Crippen LogP) is 4.50. The first kappa shape index (κ1) is 18.8. The number of hydrogen-bond acceptors (Lipinski definition) is 5. The summed E-state index contributed by atoms with van der Waals surface area (Å²) >= 11 is 5.69. The van der Waals surface area contributed by atoms with Gasteiger partial charge in [-0.25, -0.2) is 4.39 Å². The number of nitrogens with one attached hydrogen (secondary N) is 1. The van der Waals surface area contributed by atoms with Crippen molar-refractivity contribution < 1.29 is 18.4 Å². The average molecular weight is 390 g/mol. The zero-order valence-electron chi connectivity index (χ0n) is 14.5. The van der Waals surface area contributed by atoms with E-state index in [1.165, 1.54) is 18.2 Å². The SMILES string of the molecule is COc1ccccc1-c1noc(CCCC(=O)Nc2ccc(F)c(Cl)c2)n1.